The van der Waals surface area contributed by atoms with Crippen molar-refractivity contribution in [2.75, 3.05) is 6.54 Å². The van der Waals surface area contributed by atoms with Gasteiger partial charge in [-0.1, -0.05) is 26.0 Å². The number of para-hydroxylation sites is 1. The number of nitrogens with zero attached hydrogens (tertiary/aromatic N) is 4. The Labute approximate surface area is 121 Å². The van der Waals surface area contributed by atoms with Crippen molar-refractivity contribution in [3.05, 3.63) is 34.6 Å². The minimum absolute atomic E-state index is 0.101. The first kappa shape index (κ1) is 14.1. The number of nitrogens with one attached hydrogen (secondary N) is 1. The molecular weight excluding hydrogens is 306 g/mol. The summed E-state index contributed by atoms with van der Waals surface area (Å²) in [6.45, 7) is 7.36. The standard InChI is InChI=1S/C13H18BrN5/c1-9(2)8-15-10(3)13-16-17-18-19(13)12-7-5-4-6-11(12)14/h4-7,9-10,15H,8H2,1-3H3. The van der Waals surface area contributed by atoms with Gasteiger partial charge in [-0.25, -0.2) is 0 Å². The predicted molar refractivity (Wildman–Crippen MR) is 78.1 cm³/mol. The van der Waals surface area contributed by atoms with Crippen LogP contribution in [0, 0.1) is 5.92 Å². The number of rotatable bonds is 5. The van der Waals surface area contributed by atoms with Gasteiger partial charge in [0.05, 0.1) is 11.7 Å². The smallest absolute Gasteiger partial charge is 0.173 e. The average molecular weight is 324 g/mol. The van der Waals surface area contributed by atoms with Gasteiger partial charge in [-0.05, 0) is 57.9 Å². The van der Waals surface area contributed by atoms with Gasteiger partial charge in [-0.3, -0.25) is 0 Å². The summed E-state index contributed by atoms with van der Waals surface area (Å²) >= 11 is 3.53. The maximum atomic E-state index is 4.13. The maximum absolute atomic E-state index is 4.13. The van der Waals surface area contributed by atoms with Gasteiger partial charge < -0.3 is 5.32 Å². The molecular formula is C13H18BrN5. The highest BCUT2D eigenvalue weighted by Gasteiger charge is 2.16. The van der Waals surface area contributed by atoms with Crippen LogP contribution in [0.4, 0.5) is 0 Å². The first-order valence-electron chi connectivity index (χ1n) is 6.36. The van der Waals surface area contributed by atoms with E-state index in [0.717, 1.165) is 22.5 Å². The van der Waals surface area contributed by atoms with Gasteiger partial charge >= 0.3 is 0 Å². The van der Waals surface area contributed by atoms with Crippen LogP contribution in [0.3, 0.4) is 0 Å². The molecule has 1 heterocycles. The lowest BCUT2D eigenvalue weighted by Gasteiger charge is -2.15. The van der Waals surface area contributed by atoms with E-state index in [4.69, 9.17) is 0 Å². The third-order valence-corrected chi connectivity index (χ3v) is 3.46. The van der Waals surface area contributed by atoms with Crippen LogP contribution >= 0.6 is 15.9 Å². The zero-order valence-electron chi connectivity index (χ0n) is 11.3. The van der Waals surface area contributed by atoms with E-state index in [9.17, 15) is 0 Å². The van der Waals surface area contributed by atoms with Crippen molar-refractivity contribution >= 4 is 15.9 Å². The molecule has 19 heavy (non-hydrogen) atoms. The predicted octanol–water partition coefficient (Wildman–Crippen LogP) is 2.73. The zero-order chi connectivity index (χ0) is 13.8. The summed E-state index contributed by atoms with van der Waals surface area (Å²) in [6, 6.07) is 8.01. The van der Waals surface area contributed by atoms with Crippen LogP contribution in [-0.2, 0) is 0 Å². The Balaban J connectivity index is 2.25. The van der Waals surface area contributed by atoms with E-state index in [1.807, 2.05) is 24.3 Å². The van der Waals surface area contributed by atoms with Gasteiger partial charge in [0.25, 0.3) is 0 Å². The summed E-state index contributed by atoms with van der Waals surface area (Å²) in [4.78, 5) is 0. The minimum atomic E-state index is 0.101. The van der Waals surface area contributed by atoms with Crippen molar-refractivity contribution in [2.45, 2.75) is 26.8 Å². The van der Waals surface area contributed by atoms with Crippen molar-refractivity contribution in [1.29, 1.82) is 0 Å². The van der Waals surface area contributed by atoms with Crippen LogP contribution < -0.4 is 5.32 Å². The summed E-state index contributed by atoms with van der Waals surface area (Å²) in [7, 11) is 0. The van der Waals surface area contributed by atoms with Crippen molar-refractivity contribution < 1.29 is 0 Å². The molecule has 0 radical (unpaired) electrons. The summed E-state index contributed by atoms with van der Waals surface area (Å²) in [6.07, 6.45) is 0. The summed E-state index contributed by atoms with van der Waals surface area (Å²) in [5.74, 6) is 1.41. The van der Waals surface area contributed by atoms with Crippen molar-refractivity contribution in [3.8, 4) is 5.69 Å². The number of hydrogen-bond donors (Lipinski definition) is 1. The molecule has 6 heteroatoms. The van der Waals surface area contributed by atoms with Crippen LogP contribution in [-0.4, -0.2) is 26.8 Å². The maximum Gasteiger partial charge on any atom is 0.173 e. The number of hydrogen-bond acceptors (Lipinski definition) is 4. The monoisotopic (exact) mass is 323 g/mol. The minimum Gasteiger partial charge on any atom is -0.307 e. The third-order valence-electron chi connectivity index (χ3n) is 2.79. The molecule has 0 amide bonds. The van der Waals surface area contributed by atoms with Crippen LogP contribution in [0.15, 0.2) is 28.7 Å². The summed E-state index contributed by atoms with van der Waals surface area (Å²) < 4.78 is 2.74. The number of tetrazole rings is 1. The molecule has 0 fully saturated rings. The average Bonchev–Trinajstić information content (AvgIpc) is 2.85. The Kier molecular flexibility index (Phi) is 4.66. The van der Waals surface area contributed by atoms with Gasteiger partial charge in [0, 0.05) is 4.47 Å². The van der Waals surface area contributed by atoms with Gasteiger partial charge in [-0.2, -0.15) is 4.68 Å². The molecule has 0 spiro atoms. The molecule has 1 N–H and O–H groups in total. The van der Waals surface area contributed by atoms with E-state index in [-0.39, 0.29) is 6.04 Å². The Morgan fingerprint density at radius 2 is 2.00 bits per heavy atom. The molecule has 2 aromatic rings. The molecule has 0 bridgehead atoms. The lowest BCUT2D eigenvalue weighted by molar-refractivity contribution is 0.475. The van der Waals surface area contributed by atoms with Crippen molar-refractivity contribution in [1.82, 2.24) is 25.5 Å². The fourth-order valence-electron chi connectivity index (χ4n) is 1.76. The fraction of sp³-hybridized carbons (Fsp3) is 0.462. The Morgan fingerprint density at radius 1 is 1.26 bits per heavy atom. The number of aromatic nitrogens is 4. The van der Waals surface area contributed by atoms with E-state index in [0.29, 0.717) is 5.92 Å². The van der Waals surface area contributed by atoms with E-state index >= 15 is 0 Å². The van der Waals surface area contributed by atoms with Crippen molar-refractivity contribution in [2.24, 2.45) is 5.92 Å². The lowest BCUT2D eigenvalue weighted by atomic mass is 10.2. The first-order valence-corrected chi connectivity index (χ1v) is 7.15. The quantitative estimate of drug-likeness (QED) is 0.919. The fourth-order valence-corrected chi connectivity index (χ4v) is 2.22. The van der Waals surface area contributed by atoms with E-state index in [1.165, 1.54) is 0 Å². The molecule has 0 aliphatic carbocycles. The third kappa shape index (κ3) is 3.39. The molecule has 0 aliphatic rings. The Morgan fingerprint density at radius 3 is 2.68 bits per heavy atom. The Bertz CT molecular complexity index is 537. The highest BCUT2D eigenvalue weighted by atomic mass is 79.9. The van der Waals surface area contributed by atoms with Crippen LogP contribution in [0.5, 0.6) is 0 Å². The van der Waals surface area contributed by atoms with Gasteiger partial charge in [0.2, 0.25) is 0 Å². The molecule has 1 aromatic heterocycles. The number of benzene rings is 1. The van der Waals surface area contributed by atoms with E-state index < -0.39 is 0 Å². The SMILES string of the molecule is CC(C)CNC(C)c1nnnn1-c1ccccc1Br. The topological polar surface area (TPSA) is 55.6 Å². The zero-order valence-corrected chi connectivity index (χ0v) is 12.9. The molecule has 2 rings (SSSR count). The molecule has 1 atom stereocenters. The highest BCUT2D eigenvalue weighted by Crippen LogP contribution is 2.22. The highest BCUT2D eigenvalue weighted by molar-refractivity contribution is 9.10. The van der Waals surface area contributed by atoms with Gasteiger partial charge in [0.15, 0.2) is 5.82 Å². The lowest BCUT2D eigenvalue weighted by Crippen LogP contribution is -2.25. The summed E-state index contributed by atoms with van der Waals surface area (Å²) in [5.41, 5.74) is 0.945. The second kappa shape index (κ2) is 6.25. The molecule has 0 aliphatic heterocycles. The first-order chi connectivity index (χ1) is 9.09. The molecule has 0 saturated carbocycles. The molecule has 0 saturated heterocycles. The normalized spacial score (nSPS) is 12.9. The second-order valence-corrected chi connectivity index (χ2v) is 5.78. The molecule has 5 nitrogen and oxygen atoms in total. The van der Waals surface area contributed by atoms with Crippen LogP contribution in [0.2, 0.25) is 0 Å². The van der Waals surface area contributed by atoms with E-state index in [1.54, 1.807) is 4.68 Å². The largest absolute Gasteiger partial charge is 0.307 e. The summed E-state index contributed by atoms with van der Waals surface area (Å²) in [5, 5.41) is 15.4. The van der Waals surface area contributed by atoms with Crippen LogP contribution in [0.1, 0.15) is 32.6 Å². The Hall–Kier alpha value is -1.27. The molecule has 102 valence electrons. The number of halogens is 1. The van der Waals surface area contributed by atoms with Gasteiger partial charge in [0.1, 0.15) is 0 Å². The van der Waals surface area contributed by atoms with E-state index in [2.05, 4.69) is 57.5 Å². The molecule has 1 aromatic carbocycles. The van der Waals surface area contributed by atoms with Gasteiger partial charge in [-0.15, -0.1) is 5.10 Å². The van der Waals surface area contributed by atoms with Crippen LogP contribution in [0.25, 0.3) is 5.69 Å². The second-order valence-electron chi connectivity index (χ2n) is 4.92. The van der Waals surface area contributed by atoms with Crippen molar-refractivity contribution in [3.63, 3.8) is 0 Å². The molecule has 1 unspecified atom stereocenters.